The third kappa shape index (κ3) is 2.71. The van der Waals surface area contributed by atoms with Crippen LogP contribution in [0.1, 0.15) is 22.2 Å². The Morgan fingerprint density at radius 1 is 1.28 bits per heavy atom. The predicted molar refractivity (Wildman–Crippen MR) is 74.4 cm³/mol. The minimum absolute atomic E-state index is 0.357. The number of rotatable bonds is 5. The summed E-state index contributed by atoms with van der Waals surface area (Å²) in [6.07, 6.45) is 0. The smallest absolute Gasteiger partial charge is 0.337 e. The zero-order chi connectivity index (χ0) is 13.0. The summed E-state index contributed by atoms with van der Waals surface area (Å²) in [7, 11) is 0. The van der Waals surface area contributed by atoms with Crippen molar-refractivity contribution in [2.45, 2.75) is 13.5 Å². The molecule has 0 aliphatic heterocycles. The van der Waals surface area contributed by atoms with Gasteiger partial charge in [0.05, 0.1) is 17.8 Å². The second-order valence-electron chi connectivity index (χ2n) is 3.92. The molecule has 2 aromatic rings. The van der Waals surface area contributed by atoms with Gasteiger partial charge in [-0.1, -0.05) is 18.2 Å². The van der Waals surface area contributed by atoms with Crippen LogP contribution in [0.3, 0.4) is 0 Å². The zero-order valence-electron chi connectivity index (χ0n) is 10.2. The van der Waals surface area contributed by atoms with Crippen molar-refractivity contribution in [2.75, 3.05) is 11.4 Å². The third-order valence-corrected chi connectivity index (χ3v) is 3.64. The van der Waals surface area contributed by atoms with Crippen molar-refractivity contribution in [3.8, 4) is 0 Å². The summed E-state index contributed by atoms with van der Waals surface area (Å²) in [5.41, 5.74) is 1.14. The van der Waals surface area contributed by atoms with Crippen LogP contribution < -0.4 is 4.90 Å². The number of benzene rings is 1. The van der Waals surface area contributed by atoms with E-state index in [1.165, 1.54) is 4.88 Å². The van der Waals surface area contributed by atoms with Crippen LogP contribution in [0.5, 0.6) is 0 Å². The lowest BCUT2D eigenvalue weighted by molar-refractivity contribution is 0.0697. The molecule has 0 aliphatic carbocycles. The maximum atomic E-state index is 11.2. The Morgan fingerprint density at radius 2 is 2.06 bits per heavy atom. The Morgan fingerprint density at radius 3 is 2.67 bits per heavy atom. The van der Waals surface area contributed by atoms with E-state index in [0.29, 0.717) is 5.56 Å². The van der Waals surface area contributed by atoms with E-state index in [9.17, 15) is 9.90 Å². The quantitative estimate of drug-likeness (QED) is 0.896. The molecule has 1 heterocycles. The van der Waals surface area contributed by atoms with Crippen LogP contribution in [0, 0.1) is 0 Å². The van der Waals surface area contributed by atoms with Gasteiger partial charge in [0.1, 0.15) is 0 Å². The molecule has 2 rings (SSSR count). The molecule has 0 spiro atoms. The number of para-hydroxylation sites is 1. The maximum absolute atomic E-state index is 11.2. The number of hydrogen-bond acceptors (Lipinski definition) is 3. The first kappa shape index (κ1) is 12.6. The highest BCUT2D eigenvalue weighted by Crippen LogP contribution is 2.23. The maximum Gasteiger partial charge on any atom is 0.337 e. The van der Waals surface area contributed by atoms with Crippen molar-refractivity contribution in [3.05, 3.63) is 52.2 Å². The van der Waals surface area contributed by atoms with Gasteiger partial charge >= 0.3 is 5.97 Å². The highest BCUT2D eigenvalue weighted by atomic mass is 32.1. The largest absolute Gasteiger partial charge is 0.478 e. The van der Waals surface area contributed by atoms with E-state index in [-0.39, 0.29) is 0 Å². The SMILES string of the molecule is CCN(Cc1cccs1)c1ccccc1C(=O)O. The molecule has 0 saturated carbocycles. The van der Waals surface area contributed by atoms with Crippen LogP contribution >= 0.6 is 11.3 Å². The highest BCUT2D eigenvalue weighted by Gasteiger charge is 2.14. The van der Waals surface area contributed by atoms with E-state index in [1.807, 2.05) is 30.5 Å². The topological polar surface area (TPSA) is 40.5 Å². The number of aromatic carboxylic acids is 1. The number of anilines is 1. The molecule has 18 heavy (non-hydrogen) atoms. The zero-order valence-corrected chi connectivity index (χ0v) is 11.0. The Kier molecular flexibility index (Phi) is 3.99. The van der Waals surface area contributed by atoms with Gasteiger partial charge in [-0.05, 0) is 30.5 Å². The average Bonchev–Trinajstić information content (AvgIpc) is 2.88. The summed E-state index contributed by atoms with van der Waals surface area (Å²) in [5.74, 6) is -0.879. The first-order chi connectivity index (χ1) is 8.72. The van der Waals surface area contributed by atoms with E-state index < -0.39 is 5.97 Å². The fraction of sp³-hybridized carbons (Fsp3) is 0.214. The van der Waals surface area contributed by atoms with Crippen LogP contribution in [-0.4, -0.2) is 17.6 Å². The van der Waals surface area contributed by atoms with Gasteiger partial charge in [-0.3, -0.25) is 0 Å². The molecule has 1 N–H and O–H groups in total. The standard InChI is InChI=1S/C14H15NO2S/c1-2-15(10-11-6-5-9-18-11)13-8-4-3-7-12(13)14(16)17/h3-9H,2,10H2,1H3,(H,16,17). The van der Waals surface area contributed by atoms with Crippen LogP contribution in [0.25, 0.3) is 0 Å². The Bertz CT molecular complexity index is 522. The lowest BCUT2D eigenvalue weighted by Crippen LogP contribution is -2.23. The first-order valence-corrected chi connectivity index (χ1v) is 6.70. The molecule has 94 valence electrons. The number of carboxylic acid groups (broad SMARTS) is 1. The summed E-state index contributed by atoms with van der Waals surface area (Å²) < 4.78 is 0. The van der Waals surface area contributed by atoms with Gasteiger partial charge in [0.15, 0.2) is 0 Å². The number of carboxylic acids is 1. The third-order valence-electron chi connectivity index (χ3n) is 2.78. The van der Waals surface area contributed by atoms with E-state index >= 15 is 0 Å². The second-order valence-corrected chi connectivity index (χ2v) is 4.95. The van der Waals surface area contributed by atoms with E-state index in [2.05, 4.69) is 11.0 Å². The van der Waals surface area contributed by atoms with Crippen LogP contribution in [0.2, 0.25) is 0 Å². The minimum atomic E-state index is -0.879. The Labute approximate surface area is 110 Å². The summed E-state index contributed by atoms with van der Waals surface area (Å²) in [6, 6.07) is 11.2. The molecule has 0 bridgehead atoms. The van der Waals surface area contributed by atoms with Crippen molar-refractivity contribution in [1.29, 1.82) is 0 Å². The highest BCUT2D eigenvalue weighted by molar-refractivity contribution is 7.09. The van der Waals surface area contributed by atoms with Crippen molar-refractivity contribution >= 4 is 23.0 Å². The molecule has 4 heteroatoms. The molecule has 0 atom stereocenters. The summed E-state index contributed by atoms with van der Waals surface area (Å²) in [4.78, 5) is 14.5. The van der Waals surface area contributed by atoms with Crippen LogP contribution in [-0.2, 0) is 6.54 Å². The molecule has 0 amide bonds. The van der Waals surface area contributed by atoms with Gasteiger partial charge in [-0.25, -0.2) is 4.79 Å². The molecular formula is C14H15NO2S. The number of carbonyl (C=O) groups is 1. The van der Waals surface area contributed by atoms with Crippen molar-refractivity contribution in [3.63, 3.8) is 0 Å². The fourth-order valence-corrected chi connectivity index (χ4v) is 2.61. The summed E-state index contributed by atoms with van der Waals surface area (Å²) in [5, 5.41) is 11.2. The van der Waals surface area contributed by atoms with Crippen molar-refractivity contribution < 1.29 is 9.90 Å². The minimum Gasteiger partial charge on any atom is -0.478 e. The molecule has 0 unspecified atom stereocenters. The van der Waals surface area contributed by atoms with Gasteiger partial charge in [0, 0.05) is 11.4 Å². The fourth-order valence-electron chi connectivity index (χ4n) is 1.89. The van der Waals surface area contributed by atoms with Gasteiger partial charge in [0.25, 0.3) is 0 Å². The van der Waals surface area contributed by atoms with Gasteiger partial charge in [0.2, 0.25) is 0 Å². The molecule has 1 aromatic heterocycles. The molecule has 1 aromatic carbocycles. The van der Waals surface area contributed by atoms with Gasteiger partial charge in [-0.2, -0.15) is 0 Å². The summed E-state index contributed by atoms with van der Waals surface area (Å²) in [6.45, 7) is 3.56. The molecule has 0 saturated heterocycles. The average molecular weight is 261 g/mol. The molecule has 0 aliphatic rings. The molecule has 0 fully saturated rings. The normalized spacial score (nSPS) is 10.3. The summed E-state index contributed by atoms with van der Waals surface area (Å²) >= 11 is 1.69. The number of hydrogen-bond donors (Lipinski definition) is 1. The van der Waals surface area contributed by atoms with E-state index in [1.54, 1.807) is 23.5 Å². The second kappa shape index (κ2) is 5.69. The van der Waals surface area contributed by atoms with Crippen molar-refractivity contribution in [2.24, 2.45) is 0 Å². The first-order valence-electron chi connectivity index (χ1n) is 5.82. The molecule has 3 nitrogen and oxygen atoms in total. The molecule has 0 radical (unpaired) electrons. The Hall–Kier alpha value is -1.81. The van der Waals surface area contributed by atoms with Crippen LogP contribution in [0.4, 0.5) is 5.69 Å². The van der Waals surface area contributed by atoms with Gasteiger partial charge in [-0.15, -0.1) is 11.3 Å². The number of thiophene rings is 1. The predicted octanol–water partition coefficient (Wildman–Crippen LogP) is 3.47. The molecular weight excluding hydrogens is 246 g/mol. The lowest BCUT2D eigenvalue weighted by Gasteiger charge is -2.24. The van der Waals surface area contributed by atoms with Crippen molar-refractivity contribution in [1.82, 2.24) is 0 Å². The lowest BCUT2D eigenvalue weighted by atomic mass is 10.1. The van der Waals surface area contributed by atoms with E-state index in [4.69, 9.17) is 0 Å². The Balaban J connectivity index is 2.30. The van der Waals surface area contributed by atoms with Gasteiger partial charge < -0.3 is 10.0 Å². The monoisotopic (exact) mass is 261 g/mol. The van der Waals surface area contributed by atoms with E-state index in [0.717, 1.165) is 18.8 Å². The number of nitrogens with zero attached hydrogens (tertiary/aromatic N) is 1. The van der Waals surface area contributed by atoms with Crippen LogP contribution in [0.15, 0.2) is 41.8 Å².